The van der Waals surface area contributed by atoms with Gasteiger partial charge in [-0.1, -0.05) is 53.7 Å². The molecule has 0 aliphatic rings. The van der Waals surface area contributed by atoms with Crippen molar-refractivity contribution in [2.24, 2.45) is 0 Å². The zero-order valence-electron chi connectivity index (χ0n) is 17.6. The standard InChI is InChI=1S/C24H25N5O2/c1-17(16-30)29(14-19-7-4-3-5-8-19)15-23-27-24(28-31-23)21-10-6-9-20(13-21)22-11-12-25-18(2)26-22/h3-13,17,30H,14-16H2,1-2H3. The Morgan fingerprint density at radius 1 is 0.968 bits per heavy atom. The highest BCUT2D eigenvalue weighted by Gasteiger charge is 2.18. The lowest BCUT2D eigenvalue weighted by Gasteiger charge is -2.26. The lowest BCUT2D eigenvalue weighted by molar-refractivity contribution is 0.109. The molecule has 31 heavy (non-hydrogen) atoms. The number of hydrogen-bond donors (Lipinski definition) is 1. The SMILES string of the molecule is Cc1nccc(-c2cccc(-c3noc(CN(Cc4ccccc4)C(C)CO)n3)c2)n1. The molecule has 0 spiro atoms. The maximum atomic E-state index is 9.68. The fraction of sp³-hybridized carbons (Fsp3) is 0.250. The van der Waals surface area contributed by atoms with Crippen LogP contribution < -0.4 is 0 Å². The minimum absolute atomic E-state index is 0.0418. The van der Waals surface area contributed by atoms with Crippen LogP contribution in [0.5, 0.6) is 0 Å². The van der Waals surface area contributed by atoms with Gasteiger partial charge in [0, 0.05) is 29.9 Å². The molecule has 4 rings (SSSR count). The minimum Gasteiger partial charge on any atom is -0.395 e. The van der Waals surface area contributed by atoms with E-state index < -0.39 is 0 Å². The molecule has 158 valence electrons. The predicted molar refractivity (Wildman–Crippen MR) is 118 cm³/mol. The summed E-state index contributed by atoms with van der Waals surface area (Å²) in [5.74, 6) is 1.76. The van der Waals surface area contributed by atoms with Gasteiger partial charge in [-0.3, -0.25) is 4.90 Å². The van der Waals surface area contributed by atoms with Crippen LogP contribution in [0.1, 0.15) is 24.2 Å². The van der Waals surface area contributed by atoms with Crippen molar-refractivity contribution in [3.05, 3.63) is 84.1 Å². The molecular formula is C24H25N5O2. The number of benzene rings is 2. The highest BCUT2D eigenvalue weighted by atomic mass is 16.5. The molecular weight excluding hydrogens is 390 g/mol. The smallest absolute Gasteiger partial charge is 0.241 e. The van der Waals surface area contributed by atoms with Crippen LogP contribution in [0.25, 0.3) is 22.6 Å². The first-order valence-electron chi connectivity index (χ1n) is 10.2. The van der Waals surface area contributed by atoms with Crippen LogP contribution in [0.4, 0.5) is 0 Å². The van der Waals surface area contributed by atoms with E-state index >= 15 is 0 Å². The van der Waals surface area contributed by atoms with E-state index in [1.54, 1.807) is 6.20 Å². The minimum atomic E-state index is -0.0418. The summed E-state index contributed by atoms with van der Waals surface area (Å²) < 4.78 is 5.54. The van der Waals surface area contributed by atoms with Crippen molar-refractivity contribution in [1.29, 1.82) is 0 Å². The highest BCUT2D eigenvalue weighted by Crippen LogP contribution is 2.24. The van der Waals surface area contributed by atoms with Gasteiger partial charge in [0.15, 0.2) is 0 Å². The van der Waals surface area contributed by atoms with Gasteiger partial charge in [-0.2, -0.15) is 4.98 Å². The van der Waals surface area contributed by atoms with Gasteiger partial charge < -0.3 is 9.63 Å². The summed E-state index contributed by atoms with van der Waals surface area (Å²) in [6.45, 7) is 5.03. The van der Waals surface area contributed by atoms with E-state index in [0.717, 1.165) is 28.2 Å². The first-order valence-corrected chi connectivity index (χ1v) is 10.2. The van der Waals surface area contributed by atoms with Gasteiger partial charge in [-0.15, -0.1) is 0 Å². The molecule has 0 radical (unpaired) electrons. The molecule has 0 amide bonds. The fourth-order valence-electron chi connectivity index (χ4n) is 3.35. The number of aryl methyl sites for hydroxylation is 1. The summed E-state index contributed by atoms with van der Waals surface area (Å²) in [5, 5.41) is 13.9. The zero-order valence-corrected chi connectivity index (χ0v) is 17.6. The summed E-state index contributed by atoms with van der Waals surface area (Å²) in [4.78, 5) is 15.4. The number of aliphatic hydroxyl groups excluding tert-OH is 1. The molecule has 1 unspecified atom stereocenters. The summed E-state index contributed by atoms with van der Waals surface area (Å²) in [6.07, 6.45) is 1.75. The van der Waals surface area contributed by atoms with Crippen LogP contribution in [0.15, 0.2) is 71.4 Å². The van der Waals surface area contributed by atoms with E-state index in [2.05, 4.69) is 37.1 Å². The Bertz CT molecular complexity index is 1130. The van der Waals surface area contributed by atoms with E-state index in [4.69, 9.17) is 4.52 Å². The van der Waals surface area contributed by atoms with Crippen LogP contribution in [0.3, 0.4) is 0 Å². The lowest BCUT2D eigenvalue weighted by Crippen LogP contribution is -2.34. The van der Waals surface area contributed by atoms with E-state index in [1.165, 1.54) is 0 Å². The third kappa shape index (κ3) is 5.20. The third-order valence-corrected chi connectivity index (χ3v) is 5.12. The fourth-order valence-corrected chi connectivity index (χ4v) is 3.35. The zero-order chi connectivity index (χ0) is 21.6. The van der Waals surface area contributed by atoms with Crippen LogP contribution in [0, 0.1) is 6.92 Å². The molecule has 2 aromatic carbocycles. The van der Waals surface area contributed by atoms with Crippen LogP contribution in [0.2, 0.25) is 0 Å². The average Bonchev–Trinajstić information content (AvgIpc) is 3.27. The average molecular weight is 415 g/mol. The van der Waals surface area contributed by atoms with Crippen LogP contribution >= 0.6 is 0 Å². The molecule has 0 saturated carbocycles. The number of aliphatic hydroxyl groups is 1. The quantitative estimate of drug-likeness (QED) is 0.467. The molecule has 2 heterocycles. The topological polar surface area (TPSA) is 88.2 Å². The molecule has 7 nitrogen and oxygen atoms in total. The lowest BCUT2D eigenvalue weighted by atomic mass is 10.1. The van der Waals surface area contributed by atoms with Crippen molar-refractivity contribution in [3.8, 4) is 22.6 Å². The maximum absolute atomic E-state index is 9.68. The molecule has 1 N–H and O–H groups in total. The van der Waals surface area contributed by atoms with Crippen molar-refractivity contribution < 1.29 is 9.63 Å². The van der Waals surface area contributed by atoms with Crippen LogP contribution in [-0.2, 0) is 13.1 Å². The molecule has 7 heteroatoms. The second-order valence-electron chi connectivity index (χ2n) is 7.50. The second-order valence-corrected chi connectivity index (χ2v) is 7.50. The summed E-state index contributed by atoms with van der Waals surface area (Å²) in [6, 6.07) is 19.9. The second kappa shape index (κ2) is 9.59. The Balaban J connectivity index is 1.54. The van der Waals surface area contributed by atoms with Crippen LogP contribution in [-0.4, -0.2) is 42.8 Å². The molecule has 0 bridgehead atoms. The molecule has 2 aromatic heterocycles. The Morgan fingerprint density at radius 2 is 1.77 bits per heavy atom. The maximum Gasteiger partial charge on any atom is 0.241 e. The van der Waals surface area contributed by atoms with Gasteiger partial charge in [0.25, 0.3) is 0 Å². The molecule has 4 aromatic rings. The first kappa shape index (κ1) is 20.8. The van der Waals surface area contributed by atoms with Crippen molar-refractivity contribution >= 4 is 0 Å². The Morgan fingerprint density at radius 3 is 2.55 bits per heavy atom. The number of nitrogens with zero attached hydrogens (tertiary/aromatic N) is 5. The van der Waals surface area contributed by atoms with E-state index in [-0.39, 0.29) is 12.6 Å². The van der Waals surface area contributed by atoms with Crippen molar-refractivity contribution in [3.63, 3.8) is 0 Å². The molecule has 1 atom stereocenters. The highest BCUT2D eigenvalue weighted by molar-refractivity contribution is 5.67. The van der Waals surface area contributed by atoms with Gasteiger partial charge in [-0.25, -0.2) is 9.97 Å². The monoisotopic (exact) mass is 415 g/mol. The van der Waals surface area contributed by atoms with E-state index in [9.17, 15) is 5.11 Å². The Kier molecular flexibility index (Phi) is 6.45. The number of rotatable bonds is 8. The van der Waals surface area contributed by atoms with Crippen molar-refractivity contribution in [2.75, 3.05) is 6.61 Å². The Labute approximate surface area is 181 Å². The van der Waals surface area contributed by atoms with Crippen molar-refractivity contribution in [1.82, 2.24) is 25.0 Å². The summed E-state index contributed by atoms with van der Waals surface area (Å²) in [5.41, 5.74) is 3.83. The van der Waals surface area contributed by atoms with E-state index in [0.29, 0.717) is 24.8 Å². The third-order valence-electron chi connectivity index (χ3n) is 5.12. The summed E-state index contributed by atoms with van der Waals surface area (Å²) >= 11 is 0. The normalized spacial score (nSPS) is 12.3. The van der Waals surface area contributed by atoms with Gasteiger partial charge in [0.05, 0.1) is 18.8 Å². The molecule has 0 aliphatic carbocycles. The van der Waals surface area contributed by atoms with Crippen molar-refractivity contribution in [2.45, 2.75) is 33.0 Å². The predicted octanol–water partition coefficient (Wildman–Crippen LogP) is 3.89. The largest absolute Gasteiger partial charge is 0.395 e. The van der Waals surface area contributed by atoms with Gasteiger partial charge >= 0.3 is 0 Å². The number of hydrogen-bond acceptors (Lipinski definition) is 7. The Hall–Kier alpha value is -3.42. The van der Waals surface area contributed by atoms with Gasteiger partial charge in [0.2, 0.25) is 11.7 Å². The first-order chi connectivity index (χ1) is 15.1. The van der Waals surface area contributed by atoms with Gasteiger partial charge in [-0.05, 0) is 31.5 Å². The molecule has 0 fully saturated rings. The number of aromatic nitrogens is 4. The summed E-state index contributed by atoms with van der Waals surface area (Å²) in [7, 11) is 0. The molecule has 0 saturated heterocycles. The molecule has 0 aliphatic heterocycles. The van der Waals surface area contributed by atoms with Gasteiger partial charge in [0.1, 0.15) is 5.82 Å². The van der Waals surface area contributed by atoms with E-state index in [1.807, 2.05) is 62.4 Å².